The van der Waals surface area contributed by atoms with E-state index in [0.717, 1.165) is 35.4 Å². The Morgan fingerprint density at radius 1 is 1.00 bits per heavy atom. The minimum absolute atomic E-state index is 0.0173. The monoisotopic (exact) mass is 533 g/mol. The first-order valence-electron chi connectivity index (χ1n) is 13.3. The predicted octanol–water partition coefficient (Wildman–Crippen LogP) is 4.80. The van der Waals surface area contributed by atoms with Gasteiger partial charge >= 0.3 is 5.97 Å². The molecule has 0 bridgehead atoms. The lowest BCUT2D eigenvalue weighted by Crippen LogP contribution is -2.36. The van der Waals surface area contributed by atoms with Gasteiger partial charge in [-0.1, -0.05) is 24.3 Å². The minimum atomic E-state index is -0.607. The fraction of sp³-hybridized carbons (Fsp3) is 0.419. The molecule has 0 amide bonds. The SMILES string of the molecule is COc1ccc([C@@H]2C(C(=O)OC[C@@H]3CCCO3)=C(C)NC3=C2C(=O)C[C@H](c2ccccc2OC)C3)cc1OC. The lowest BCUT2D eigenvalue weighted by molar-refractivity contribution is -0.142. The smallest absolute Gasteiger partial charge is 0.336 e. The van der Waals surface area contributed by atoms with Crippen molar-refractivity contribution >= 4 is 11.8 Å². The van der Waals surface area contributed by atoms with Gasteiger partial charge in [-0.2, -0.15) is 0 Å². The molecule has 3 aliphatic rings. The van der Waals surface area contributed by atoms with Gasteiger partial charge < -0.3 is 29.0 Å². The van der Waals surface area contributed by atoms with Crippen molar-refractivity contribution in [1.29, 1.82) is 0 Å². The Hall–Kier alpha value is -3.78. The van der Waals surface area contributed by atoms with E-state index in [2.05, 4.69) is 5.32 Å². The molecular weight excluding hydrogens is 498 g/mol. The molecule has 1 N–H and O–H groups in total. The Bertz CT molecular complexity index is 1320. The number of Topliss-reactive ketones (excluding diaryl/α,β-unsaturated/α-hetero) is 1. The fourth-order valence-electron chi connectivity index (χ4n) is 5.92. The number of ether oxygens (including phenoxy) is 5. The van der Waals surface area contributed by atoms with Crippen LogP contribution in [0.1, 0.15) is 55.6 Å². The topological polar surface area (TPSA) is 92.3 Å². The highest BCUT2D eigenvalue weighted by Crippen LogP contribution is 2.48. The summed E-state index contributed by atoms with van der Waals surface area (Å²) in [5.41, 5.74) is 4.24. The average Bonchev–Trinajstić information content (AvgIpc) is 3.48. The molecule has 1 fully saturated rings. The van der Waals surface area contributed by atoms with Crippen LogP contribution in [-0.2, 0) is 19.1 Å². The van der Waals surface area contributed by atoms with Crippen molar-refractivity contribution in [3.05, 3.63) is 76.1 Å². The zero-order valence-corrected chi connectivity index (χ0v) is 22.9. The normalized spacial score (nSPS) is 22.8. The van der Waals surface area contributed by atoms with Crippen LogP contribution in [0.25, 0.3) is 0 Å². The second kappa shape index (κ2) is 11.5. The molecule has 0 saturated carbocycles. The molecule has 2 aromatic rings. The first-order valence-corrected chi connectivity index (χ1v) is 13.3. The molecule has 1 aliphatic carbocycles. The van der Waals surface area contributed by atoms with Crippen LogP contribution in [0.4, 0.5) is 0 Å². The van der Waals surface area contributed by atoms with Gasteiger partial charge in [0.1, 0.15) is 12.4 Å². The molecule has 0 radical (unpaired) electrons. The Labute approximate surface area is 228 Å². The minimum Gasteiger partial charge on any atom is -0.496 e. The standard InChI is InChI=1S/C31H35NO7/c1-18-28(31(34)39-17-21-8-7-13-38-21)29(19-11-12-26(36-3)27(16-19)37-4)30-23(32-18)14-20(15-24(30)33)22-9-5-6-10-25(22)35-2/h5-6,9-12,16,20-21,29,32H,7-8,13-15,17H2,1-4H3/t20-,21+,29-/m1/s1. The molecule has 0 aromatic heterocycles. The first-order chi connectivity index (χ1) is 18.9. The molecule has 206 valence electrons. The van der Waals surface area contributed by atoms with E-state index < -0.39 is 11.9 Å². The van der Waals surface area contributed by atoms with E-state index in [0.29, 0.717) is 47.8 Å². The van der Waals surface area contributed by atoms with Gasteiger partial charge in [-0.05, 0) is 55.5 Å². The van der Waals surface area contributed by atoms with E-state index in [-0.39, 0.29) is 24.4 Å². The average molecular weight is 534 g/mol. The largest absolute Gasteiger partial charge is 0.496 e. The lowest BCUT2D eigenvalue weighted by atomic mass is 9.71. The fourth-order valence-corrected chi connectivity index (χ4v) is 5.92. The van der Waals surface area contributed by atoms with Crippen molar-refractivity contribution in [2.24, 2.45) is 0 Å². The molecule has 5 rings (SSSR count). The second-order valence-corrected chi connectivity index (χ2v) is 10.1. The van der Waals surface area contributed by atoms with E-state index in [1.54, 1.807) is 27.4 Å². The van der Waals surface area contributed by atoms with E-state index in [1.807, 2.05) is 43.3 Å². The van der Waals surface area contributed by atoms with Gasteiger partial charge in [-0.3, -0.25) is 4.79 Å². The number of para-hydroxylation sites is 1. The Morgan fingerprint density at radius 3 is 2.49 bits per heavy atom. The van der Waals surface area contributed by atoms with Gasteiger partial charge in [0, 0.05) is 41.8 Å². The molecule has 8 heteroatoms. The number of ketones is 1. The van der Waals surface area contributed by atoms with Gasteiger partial charge in [-0.15, -0.1) is 0 Å². The summed E-state index contributed by atoms with van der Waals surface area (Å²) in [5, 5.41) is 3.41. The highest BCUT2D eigenvalue weighted by atomic mass is 16.6. The number of rotatable bonds is 8. The number of esters is 1. The van der Waals surface area contributed by atoms with Crippen molar-refractivity contribution in [3.8, 4) is 17.2 Å². The maximum Gasteiger partial charge on any atom is 0.336 e. The maximum atomic E-state index is 13.9. The number of carbonyl (C=O) groups excluding carboxylic acids is 2. The van der Waals surface area contributed by atoms with Crippen molar-refractivity contribution in [2.45, 2.75) is 50.5 Å². The highest BCUT2D eigenvalue weighted by molar-refractivity contribution is 6.04. The van der Waals surface area contributed by atoms with Gasteiger partial charge in [0.15, 0.2) is 17.3 Å². The number of hydrogen-bond acceptors (Lipinski definition) is 8. The molecule has 8 nitrogen and oxygen atoms in total. The van der Waals surface area contributed by atoms with E-state index in [9.17, 15) is 9.59 Å². The summed E-state index contributed by atoms with van der Waals surface area (Å²) in [6.07, 6.45) is 2.64. The Morgan fingerprint density at radius 2 is 1.77 bits per heavy atom. The summed E-state index contributed by atoms with van der Waals surface area (Å²) >= 11 is 0. The third-order valence-corrected chi connectivity index (χ3v) is 7.79. The first kappa shape index (κ1) is 26.8. The van der Waals surface area contributed by atoms with Crippen LogP contribution in [0.3, 0.4) is 0 Å². The van der Waals surface area contributed by atoms with Crippen LogP contribution < -0.4 is 19.5 Å². The van der Waals surface area contributed by atoms with Gasteiger partial charge in [0.2, 0.25) is 0 Å². The van der Waals surface area contributed by atoms with Crippen LogP contribution in [0.15, 0.2) is 65.0 Å². The van der Waals surface area contributed by atoms with E-state index >= 15 is 0 Å². The molecule has 2 heterocycles. The lowest BCUT2D eigenvalue weighted by Gasteiger charge is -2.37. The quantitative estimate of drug-likeness (QED) is 0.484. The third-order valence-electron chi connectivity index (χ3n) is 7.79. The summed E-state index contributed by atoms with van der Waals surface area (Å²) in [6, 6.07) is 13.3. The third kappa shape index (κ3) is 5.26. The van der Waals surface area contributed by atoms with Gasteiger partial charge in [-0.25, -0.2) is 4.79 Å². The van der Waals surface area contributed by atoms with Crippen LogP contribution >= 0.6 is 0 Å². The zero-order chi connectivity index (χ0) is 27.5. The maximum absolute atomic E-state index is 13.9. The summed E-state index contributed by atoms with van der Waals surface area (Å²) in [6.45, 7) is 2.72. The summed E-state index contributed by atoms with van der Waals surface area (Å²) in [4.78, 5) is 27.5. The number of benzene rings is 2. The van der Waals surface area contributed by atoms with Gasteiger partial charge in [0.05, 0.1) is 33.0 Å². The zero-order valence-electron chi connectivity index (χ0n) is 22.9. The van der Waals surface area contributed by atoms with Gasteiger partial charge in [0.25, 0.3) is 0 Å². The van der Waals surface area contributed by atoms with Crippen molar-refractivity contribution in [2.75, 3.05) is 34.5 Å². The molecule has 2 aromatic carbocycles. The van der Waals surface area contributed by atoms with E-state index in [1.165, 1.54) is 0 Å². The van der Waals surface area contributed by atoms with Crippen molar-refractivity contribution < 1.29 is 33.3 Å². The Kier molecular flexibility index (Phi) is 7.93. The Balaban J connectivity index is 1.55. The number of hydrogen-bond donors (Lipinski definition) is 1. The molecular formula is C31H35NO7. The van der Waals surface area contributed by atoms with Crippen molar-refractivity contribution in [3.63, 3.8) is 0 Å². The van der Waals surface area contributed by atoms with Crippen LogP contribution in [0, 0.1) is 0 Å². The van der Waals surface area contributed by atoms with Crippen LogP contribution in [0.5, 0.6) is 17.2 Å². The van der Waals surface area contributed by atoms with Crippen molar-refractivity contribution in [1.82, 2.24) is 5.32 Å². The van der Waals surface area contributed by atoms with Crippen LogP contribution in [-0.4, -0.2) is 52.4 Å². The number of nitrogens with one attached hydrogen (secondary N) is 1. The predicted molar refractivity (Wildman–Crippen MR) is 145 cm³/mol. The number of carbonyl (C=O) groups is 2. The summed E-state index contributed by atoms with van der Waals surface area (Å²) in [5.74, 6) is 0.723. The highest BCUT2D eigenvalue weighted by Gasteiger charge is 2.42. The molecule has 1 saturated heterocycles. The van der Waals surface area contributed by atoms with E-state index in [4.69, 9.17) is 23.7 Å². The molecule has 0 unspecified atom stereocenters. The summed E-state index contributed by atoms with van der Waals surface area (Å²) < 4.78 is 28.0. The number of allylic oxidation sites excluding steroid dienone is 3. The summed E-state index contributed by atoms with van der Waals surface area (Å²) in [7, 11) is 4.78. The second-order valence-electron chi connectivity index (χ2n) is 10.1. The molecule has 39 heavy (non-hydrogen) atoms. The molecule has 2 aliphatic heterocycles. The van der Waals surface area contributed by atoms with Crippen LogP contribution in [0.2, 0.25) is 0 Å². The number of methoxy groups -OCH3 is 3. The molecule has 0 spiro atoms. The number of dihydropyridines is 1. The molecule has 3 atom stereocenters.